The van der Waals surface area contributed by atoms with Gasteiger partial charge in [0, 0.05) is 23.9 Å². The molecule has 0 bridgehead atoms. The molecule has 11 nitrogen and oxygen atoms in total. The summed E-state index contributed by atoms with van der Waals surface area (Å²) in [7, 11) is 0. The Morgan fingerprint density at radius 3 is 1.94 bits per heavy atom. The van der Waals surface area contributed by atoms with Crippen LogP contribution < -0.4 is 4.74 Å². The third-order valence-corrected chi connectivity index (χ3v) is 7.19. The van der Waals surface area contributed by atoms with Crippen LogP contribution in [0.1, 0.15) is 105 Å². The van der Waals surface area contributed by atoms with Crippen molar-refractivity contribution in [2.24, 2.45) is 0 Å². The van der Waals surface area contributed by atoms with Crippen LogP contribution in [-0.4, -0.2) is 82.4 Å². The lowest BCUT2D eigenvalue weighted by Crippen LogP contribution is -2.36. The van der Waals surface area contributed by atoms with Crippen molar-refractivity contribution in [1.29, 1.82) is 0 Å². The second-order valence-corrected chi connectivity index (χ2v) is 11.6. The van der Waals surface area contributed by atoms with Gasteiger partial charge in [0.2, 0.25) is 0 Å². The third kappa shape index (κ3) is 12.8. The highest BCUT2D eigenvalue weighted by Crippen LogP contribution is 2.31. The summed E-state index contributed by atoms with van der Waals surface area (Å²) in [4.78, 5) is 46.8. The van der Waals surface area contributed by atoms with Gasteiger partial charge in [-0.25, -0.2) is 14.4 Å². The van der Waals surface area contributed by atoms with E-state index in [1.165, 1.54) is 0 Å². The van der Waals surface area contributed by atoms with Gasteiger partial charge < -0.3 is 34.1 Å². The summed E-state index contributed by atoms with van der Waals surface area (Å²) in [6, 6.07) is 12.1. The van der Waals surface area contributed by atoms with Gasteiger partial charge in [-0.3, -0.25) is 4.79 Å². The van der Waals surface area contributed by atoms with Crippen molar-refractivity contribution in [3.8, 4) is 5.75 Å². The predicted octanol–water partition coefficient (Wildman–Crippen LogP) is 6.37. The summed E-state index contributed by atoms with van der Waals surface area (Å²) in [5.41, 5.74) is 1.93. The molecule has 0 amide bonds. The topological polar surface area (TPSA) is 164 Å². The molecule has 0 aliphatic carbocycles. The average molecular weight is 656 g/mol. The molecule has 1 atom stereocenters. The zero-order valence-electron chi connectivity index (χ0n) is 28.1. The van der Waals surface area contributed by atoms with E-state index >= 15 is 0 Å². The van der Waals surface area contributed by atoms with E-state index in [4.69, 9.17) is 33.7 Å². The molecule has 0 aliphatic heterocycles. The van der Waals surface area contributed by atoms with Crippen molar-refractivity contribution in [3.63, 3.8) is 0 Å². The Morgan fingerprint density at radius 2 is 1.40 bits per heavy atom. The van der Waals surface area contributed by atoms with Crippen LogP contribution in [0.15, 0.2) is 46.9 Å². The molecule has 47 heavy (non-hydrogen) atoms. The highest BCUT2D eigenvalue weighted by molar-refractivity contribution is 6.27. The highest BCUT2D eigenvalue weighted by atomic mass is 16.5. The highest BCUT2D eigenvalue weighted by Gasteiger charge is 2.24. The quantitative estimate of drug-likeness (QED) is 0.0792. The van der Waals surface area contributed by atoms with Crippen molar-refractivity contribution < 1.29 is 48.4 Å². The standard InChI is InChI=1S/C34H47NO6.C2H2O4/c1-6-9-12-31-32(29-21-26(15-18-30(29)41-31)34(38)40-24(4)5)33(37)25-13-16-28(17-14-25)39-23-27(36)22-35(19-10-7-2)20-11-8-3;3-1(4)2(5)6/h13-18,21,24,27,36H,6-12,19-20,22-23H2,1-5H3;(H,3,4)(H,5,6). The minimum atomic E-state index is -1.82. The number of hydrogen-bond acceptors (Lipinski definition) is 9. The second-order valence-electron chi connectivity index (χ2n) is 11.6. The molecule has 0 aliphatic rings. The Balaban J connectivity index is 0.00000117. The Labute approximate surface area is 276 Å². The van der Waals surface area contributed by atoms with Crippen LogP contribution in [0.4, 0.5) is 0 Å². The number of ketones is 1. The molecule has 0 spiro atoms. The van der Waals surface area contributed by atoms with Gasteiger partial charge in [0.1, 0.15) is 29.8 Å². The van der Waals surface area contributed by atoms with E-state index < -0.39 is 24.0 Å². The van der Waals surface area contributed by atoms with E-state index in [1.807, 2.05) is 0 Å². The number of esters is 1. The summed E-state index contributed by atoms with van der Waals surface area (Å²) >= 11 is 0. The van der Waals surface area contributed by atoms with Gasteiger partial charge in [-0.05, 0) is 88.7 Å². The summed E-state index contributed by atoms with van der Waals surface area (Å²) in [6.07, 6.45) is 6.11. The van der Waals surface area contributed by atoms with E-state index in [0.29, 0.717) is 52.1 Å². The molecule has 1 unspecified atom stereocenters. The Kier molecular flexibility index (Phi) is 16.7. The summed E-state index contributed by atoms with van der Waals surface area (Å²) < 4.78 is 17.3. The molecule has 258 valence electrons. The van der Waals surface area contributed by atoms with Crippen molar-refractivity contribution in [2.75, 3.05) is 26.2 Å². The fraction of sp³-hybridized carbons (Fsp3) is 0.500. The number of hydrogen-bond donors (Lipinski definition) is 3. The predicted molar refractivity (Wildman–Crippen MR) is 178 cm³/mol. The average Bonchev–Trinajstić information content (AvgIpc) is 3.41. The molecule has 3 aromatic rings. The van der Waals surface area contributed by atoms with Gasteiger partial charge >= 0.3 is 17.9 Å². The monoisotopic (exact) mass is 655 g/mol. The first-order valence-electron chi connectivity index (χ1n) is 16.3. The maximum atomic E-state index is 13.8. The maximum Gasteiger partial charge on any atom is 0.414 e. The lowest BCUT2D eigenvalue weighted by atomic mass is 9.97. The van der Waals surface area contributed by atoms with E-state index in [1.54, 1.807) is 56.3 Å². The van der Waals surface area contributed by atoms with Crippen LogP contribution >= 0.6 is 0 Å². The number of carbonyl (C=O) groups is 4. The van der Waals surface area contributed by atoms with E-state index in [0.717, 1.165) is 51.6 Å². The first-order chi connectivity index (χ1) is 22.4. The molecule has 11 heteroatoms. The number of carboxylic acid groups (broad SMARTS) is 2. The van der Waals surface area contributed by atoms with Crippen LogP contribution in [0.2, 0.25) is 0 Å². The first-order valence-corrected chi connectivity index (χ1v) is 16.3. The second kappa shape index (κ2) is 20.1. The number of aryl methyl sites for hydroxylation is 1. The number of aliphatic hydroxyl groups is 1. The number of rotatable bonds is 18. The molecule has 0 saturated carbocycles. The molecular weight excluding hydrogens is 606 g/mol. The fourth-order valence-electron chi connectivity index (χ4n) is 4.77. The summed E-state index contributed by atoms with van der Waals surface area (Å²) in [5.74, 6) is -3.03. The molecule has 0 fully saturated rings. The van der Waals surface area contributed by atoms with Gasteiger partial charge in [-0.2, -0.15) is 0 Å². The van der Waals surface area contributed by atoms with Crippen molar-refractivity contribution in [1.82, 2.24) is 4.90 Å². The Hall–Kier alpha value is -4.22. The van der Waals surface area contributed by atoms with E-state index in [9.17, 15) is 14.7 Å². The van der Waals surface area contributed by atoms with Crippen LogP contribution in [0.25, 0.3) is 11.0 Å². The number of carboxylic acids is 2. The summed E-state index contributed by atoms with van der Waals surface area (Å²) in [5, 5.41) is 26.0. The zero-order valence-corrected chi connectivity index (χ0v) is 28.1. The third-order valence-electron chi connectivity index (χ3n) is 7.19. The minimum Gasteiger partial charge on any atom is -0.491 e. The number of benzene rings is 2. The number of fused-ring (bicyclic) bond motifs is 1. The van der Waals surface area contributed by atoms with Gasteiger partial charge in [0.25, 0.3) is 0 Å². The molecule has 3 rings (SSSR count). The molecule has 1 aromatic heterocycles. The number of unbranched alkanes of at least 4 members (excludes halogenated alkanes) is 3. The molecule has 1 heterocycles. The SMILES string of the molecule is CCCCc1oc2ccc(C(=O)OC(C)C)cc2c1C(=O)c1ccc(OCC(O)CN(CCCC)CCCC)cc1.O=C(O)C(=O)O. The van der Waals surface area contributed by atoms with Crippen molar-refractivity contribution in [3.05, 3.63) is 64.9 Å². The van der Waals surface area contributed by atoms with Crippen LogP contribution in [0.3, 0.4) is 0 Å². The summed E-state index contributed by atoms with van der Waals surface area (Å²) in [6.45, 7) is 12.8. The molecule has 2 aromatic carbocycles. The first kappa shape index (κ1) is 39.0. The van der Waals surface area contributed by atoms with Crippen molar-refractivity contribution in [2.45, 2.75) is 91.8 Å². The van der Waals surface area contributed by atoms with Gasteiger partial charge in [0.05, 0.1) is 17.2 Å². The minimum absolute atomic E-state index is 0.168. The number of ether oxygens (including phenoxy) is 2. The molecular formula is C36H49NO10. The Bertz CT molecular complexity index is 1420. The smallest absolute Gasteiger partial charge is 0.414 e. The van der Waals surface area contributed by atoms with E-state index in [2.05, 4.69) is 25.7 Å². The van der Waals surface area contributed by atoms with Crippen molar-refractivity contribution >= 4 is 34.7 Å². The van der Waals surface area contributed by atoms with Gasteiger partial charge in [-0.1, -0.05) is 40.0 Å². The molecule has 0 saturated heterocycles. The molecule has 0 radical (unpaired) electrons. The zero-order chi connectivity index (χ0) is 34.9. The lowest BCUT2D eigenvalue weighted by Gasteiger charge is -2.25. The maximum absolute atomic E-state index is 13.8. The van der Waals surface area contributed by atoms with E-state index in [-0.39, 0.29) is 18.5 Å². The number of furan rings is 1. The fourth-order valence-corrected chi connectivity index (χ4v) is 4.77. The van der Waals surface area contributed by atoms with Gasteiger partial charge in [0.15, 0.2) is 5.78 Å². The van der Waals surface area contributed by atoms with Gasteiger partial charge in [-0.15, -0.1) is 0 Å². The van der Waals surface area contributed by atoms with Crippen LogP contribution in [0.5, 0.6) is 5.75 Å². The number of aliphatic carboxylic acids is 2. The van der Waals surface area contributed by atoms with Crippen LogP contribution in [0, 0.1) is 0 Å². The molecule has 3 N–H and O–H groups in total. The largest absolute Gasteiger partial charge is 0.491 e. The number of nitrogens with zero attached hydrogens (tertiary/aromatic N) is 1. The lowest BCUT2D eigenvalue weighted by molar-refractivity contribution is -0.159. The number of aliphatic hydroxyl groups excluding tert-OH is 1. The normalized spacial score (nSPS) is 11.7. The number of carbonyl (C=O) groups excluding carboxylic acids is 2. The Morgan fingerprint density at radius 1 is 0.830 bits per heavy atom. The van der Waals surface area contributed by atoms with Crippen LogP contribution in [-0.2, 0) is 20.7 Å².